The Balaban J connectivity index is 0.00000161. The molecule has 0 radical (unpaired) electrons. The van der Waals surface area contributed by atoms with Gasteiger partial charge in [-0.25, -0.2) is 0 Å². The van der Waals surface area contributed by atoms with E-state index in [9.17, 15) is 5.11 Å². The molecule has 0 spiro atoms. The average Bonchev–Trinajstić information content (AvgIpc) is 2.50. The average molecular weight is 301 g/mol. The standard InChI is InChI=1S/C17H16N2O.ClH/c1-12-7-8-15(20)16-14(9-10-18-17(12)16)19-11-13-5-3-2-4-6-13;/h2-10,20H,11H2,1H3,(H,18,19);1H. The number of pyridine rings is 1. The number of hydrogen-bond donors (Lipinski definition) is 2. The lowest BCUT2D eigenvalue weighted by atomic mass is 10.1. The molecule has 3 N–H and O–H groups in total. The molecular formula is C17H17ClN2O. The predicted octanol–water partition coefficient (Wildman–Crippen LogP) is -0.352. The number of phenolic OH excluding ortho intramolecular Hbond substituents is 1. The summed E-state index contributed by atoms with van der Waals surface area (Å²) >= 11 is 0. The first-order valence-electron chi connectivity index (χ1n) is 6.70. The fourth-order valence-electron chi connectivity index (χ4n) is 2.42. The largest absolute Gasteiger partial charge is 1.00 e. The van der Waals surface area contributed by atoms with E-state index in [0.717, 1.165) is 28.7 Å². The zero-order chi connectivity index (χ0) is 13.9. The smallest absolute Gasteiger partial charge is 0.144 e. The molecule has 0 saturated heterocycles. The molecule has 2 aromatic carbocycles. The van der Waals surface area contributed by atoms with Crippen molar-refractivity contribution in [2.24, 2.45) is 0 Å². The maximum Gasteiger partial charge on any atom is 0.144 e. The van der Waals surface area contributed by atoms with E-state index in [-0.39, 0.29) is 18.2 Å². The zero-order valence-electron chi connectivity index (χ0n) is 11.8. The fourth-order valence-corrected chi connectivity index (χ4v) is 2.42. The Morgan fingerprint density at radius 2 is 1.81 bits per heavy atom. The number of nitrogens with two attached hydrogens (primary N) is 1. The summed E-state index contributed by atoms with van der Waals surface area (Å²) in [6.07, 6.45) is 1.80. The minimum atomic E-state index is 0. The van der Waals surface area contributed by atoms with Crippen LogP contribution in [0.5, 0.6) is 5.75 Å². The van der Waals surface area contributed by atoms with Gasteiger partial charge in [0.1, 0.15) is 23.4 Å². The molecule has 0 aliphatic rings. The van der Waals surface area contributed by atoms with Crippen molar-refractivity contribution >= 4 is 16.6 Å². The third kappa shape index (κ3) is 3.15. The molecule has 0 fully saturated rings. The number of quaternary nitrogens is 1. The van der Waals surface area contributed by atoms with Crippen molar-refractivity contribution in [2.45, 2.75) is 13.5 Å². The van der Waals surface area contributed by atoms with Crippen molar-refractivity contribution in [1.29, 1.82) is 0 Å². The summed E-state index contributed by atoms with van der Waals surface area (Å²) in [6, 6.07) is 15.9. The second-order valence-corrected chi connectivity index (χ2v) is 4.92. The molecule has 0 amide bonds. The molecular weight excluding hydrogens is 284 g/mol. The Hall–Kier alpha value is -2.10. The van der Waals surface area contributed by atoms with E-state index in [4.69, 9.17) is 0 Å². The maximum absolute atomic E-state index is 10.1. The number of aryl methyl sites for hydroxylation is 1. The molecule has 108 valence electrons. The second kappa shape index (κ2) is 6.57. The lowest BCUT2D eigenvalue weighted by Gasteiger charge is -2.08. The lowest BCUT2D eigenvalue weighted by Crippen LogP contribution is -3.00. The second-order valence-electron chi connectivity index (χ2n) is 4.92. The highest BCUT2D eigenvalue weighted by Crippen LogP contribution is 2.29. The molecule has 0 aliphatic heterocycles. The molecule has 4 heteroatoms. The van der Waals surface area contributed by atoms with Crippen molar-refractivity contribution in [3.8, 4) is 5.75 Å². The number of aromatic hydroxyl groups is 1. The Bertz CT molecular complexity index is 744. The van der Waals surface area contributed by atoms with Gasteiger partial charge < -0.3 is 22.8 Å². The van der Waals surface area contributed by atoms with Gasteiger partial charge in [0, 0.05) is 17.8 Å². The third-order valence-electron chi connectivity index (χ3n) is 3.50. The zero-order valence-corrected chi connectivity index (χ0v) is 12.5. The van der Waals surface area contributed by atoms with Gasteiger partial charge in [-0.1, -0.05) is 36.4 Å². The number of fused-ring (bicyclic) bond motifs is 1. The predicted molar refractivity (Wildman–Crippen MR) is 79.9 cm³/mol. The first kappa shape index (κ1) is 15.3. The molecule has 1 aromatic heterocycles. The van der Waals surface area contributed by atoms with Gasteiger partial charge in [-0.3, -0.25) is 4.98 Å². The van der Waals surface area contributed by atoms with Crippen molar-refractivity contribution in [1.82, 2.24) is 4.98 Å². The number of rotatable bonds is 3. The van der Waals surface area contributed by atoms with Crippen LogP contribution in [-0.2, 0) is 6.54 Å². The van der Waals surface area contributed by atoms with Gasteiger partial charge in [0.25, 0.3) is 0 Å². The molecule has 0 aliphatic carbocycles. The van der Waals surface area contributed by atoms with E-state index in [1.165, 1.54) is 5.56 Å². The summed E-state index contributed by atoms with van der Waals surface area (Å²) < 4.78 is 0. The number of nitrogens with zero attached hydrogens (tertiary/aromatic N) is 1. The van der Waals surface area contributed by atoms with E-state index in [2.05, 4.69) is 22.4 Å². The molecule has 3 aromatic rings. The van der Waals surface area contributed by atoms with E-state index in [1.807, 2.05) is 37.3 Å². The van der Waals surface area contributed by atoms with Gasteiger partial charge >= 0.3 is 0 Å². The summed E-state index contributed by atoms with van der Waals surface area (Å²) in [7, 11) is 0. The van der Waals surface area contributed by atoms with Gasteiger partial charge in [-0.05, 0) is 18.6 Å². The minimum absolute atomic E-state index is 0. The molecule has 0 saturated carbocycles. The van der Waals surface area contributed by atoms with Crippen LogP contribution in [0.3, 0.4) is 0 Å². The molecule has 0 unspecified atom stereocenters. The molecule has 21 heavy (non-hydrogen) atoms. The van der Waals surface area contributed by atoms with Crippen molar-refractivity contribution in [2.75, 3.05) is 0 Å². The van der Waals surface area contributed by atoms with Gasteiger partial charge in [-0.2, -0.15) is 0 Å². The van der Waals surface area contributed by atoms with Crippen LogP contribution in [0.4, 0.5) is 5.69 Å². The molecule has 3 rings (SSSR count). The van der Waals surface area contributed by atoms with Gasteiger partial charge in [0.15, 0.2) is 0 Å². The molecule has 1 heterocycles. The lowest BCUT2D eigenvalue weighted by molar-refractivity contribution is -0.587. The quantitative estimate of drug-likeness (QED) is 0.695. The van der Waals surface area contributed by atoms with Crippen LogP contribution >= 0.6 is 0 Å². The van der Waals surface area contributed by atoms with Crippen LogP contribution in [0.15, 0.2) is 54.7 Å². The third-order valence-corrected chi connectivity index (χ3v) is 3.50. The molecule has 0 bridgehead atoms. The molecule has 3 nitrogen and oxygen atoms in total. The van der Waals surface area contributed by atoms with E-state index < -0.39 is 0 Å². The molecule has 0 atom stereocenters. The number of aromatic nitrogens is 1. The van der Waals surface area contributed by atoms with Crippen LogP contribution in [0.1, 0.15) is 11.1 Å². The number of hydrogen-bond acceptors (Lipinski definition) is 2. The first-order valence-corrected chi connectivity index (χ1v) is 6.70. The highest BCUT2D eigenvalue weighted by atomic mass is 35.5. The topological polar surface area (TPSA) is 49.7 Å². The minimum Gasteiger partial charge on any atom is -1.00 e. The number of halogens is 1. The highest BCUT2D eigenvalue weighted by molar-refractivity contribution is 5.94. The SMILES string of the molecule is Cc1ccc(O)c2c([NH2+]Cc3ccccc3)ccnc12.[Cl-]. The van der Waals surface area contributed by atoms with Gasteiger partial charge in [0.2, 0.25) is 0 Å². The van der Waals surface area contributed by atoms with Crippen LogP contribution in [-0.4, -0.2) is 10.1 Å². The van der Waals surface area contributed by atoms with E-state index in [1.54, 1.807) is 12.3 Å². The van der Waals surface area contributed by atoms with Crippen LogP contribution < -0.4 is 17.7 Å². The summed E-state index contributed by atoms with van der Waals surface area (Å²) in [6.45, 7) is 2.85. The number of phenols is 1. The first-order chi connectivity index (χ1) is 9.75. The van der Waals surface area contributed by atoms with Crippen LogP contribution in [0.2, 0.25) is 0 Å². The highest BCUT2D eigenvalue weighted by Gasteiger charge is 2.11. The van der Waals surface area contributed by atoms with Gasteiger partial charge in [-0.15, -0.1) is 0 Å². The monoisotopic (exact) mass is 300 g/mol. The summed E-state index contributed by atoms with van der Waals surface area (Å²) in [5, 5.41) is 13.1. The number of benzene rings is 2. The Kier molecular flexibility index (Phi) is 4.78. The van der Waals surface area contributed by atoms with Crippen molar-refractivity contribution in [3.63, 3.8) is 0 Å². The van der Waals surface area contributed by atoms with Crippen molar-refractivity contribution < 1.29 is 22.8 Å². The summed E-state index contributed by atoms with van der Waals surface area (Å²) in [5.41, 5.74) is 4.23. The summed E-state index contributed by atoms with van der Waals surface area (Å²) in [5.74, 6) is 0.290. The Morgan fingerprint density at radius 3 is 2.57 bits per heavy atom. The van der Waals surface area contributed by atoms with Crippen LogP contribution in [0, 0.1) is 6.92 Å². The van der Waals surface area contributed by atoms with Gasteiger partial charge in [0.05, 0.1) is 5.52 Å². The van der Waals surface area contributed by atoms with E-state index >= 15 is 0 Å². The van der Waals surface area contributed by atoms with Crippen molar-refractivity contribution in [3.05, 3.63) is 65.9 Å². The van der Waals surface area contributed by atoms with E-state index in [0.29, 0.717) is 0 Å². The Labute approximate surface area is 130 Å². The normalized spacial score (nSPS) is 10.3. The fraction of sp³-hybridized carbons (Fsp3) is 0.118. The van der Waals surface area contributed by atoms with Crippen LogP contribution in [0.25, 0.3) is 10.9 Å². The maximum atomic E-state index is 10.1. The summed E-state index contributed by atoms with van der Waals surface area (Å²) in [4.78, 5) is 4.38. The Morgan fingerprint density at radius 1 is 1.05 bits per heavy atom.